The van der Waals surface area contributed by atoms with E-state index in [-0.39, 0.29) is 22.7 Å². The van der Waals surface area contributed by atoms with Crippen molar-refractivity contribution in [2.75, 3.05) is 18.0 Å². The molecule has 2 fully saturated rings. The van der Waals surface area contributed by atoms with Gasteiger partial charge in [0.1, 0.15) is 0 Å². The molecule has 136 valence electrons. The van der Waals surface area contributed by atoms with Crippen molar-refractivity contribution in [1.29, 1.82) is 0 Å². The quantitative estimate of drug-likeness (QED) is 0.717. The molecule has 1 aliphatic carbocycles. The number of carbonyl (C=O) groups is 2. The second kappa shape index (κ2) is 5.74. The first-order chi connectivity index (χ1) is 12.2. The Morgan fingerprint density at radius 2 is 1.69 bits per heavy atom. The van der Waals surface area contributed by atoms with E-state index < -0.39 is 0 Å². The molecule has 1 saturated heterocycles. The van der Waals surface area contributed by atoms with Gasteiger partial charge in [-0.05, 0) is 60.5 Å². The topological polar surface area (TPSA) is 72.3 Å². The number of halogens is 1. The van der Waals surface area contributed by atoms with Gasteiger partial charge in [-0.1, -0.05) is 0 Å². The van der Waals surface area contributed by atoms with Crippen molar-refractivity contribution in [2.24, 2.45) is 18.9 Å². The second-order valence-corrected chi connectivity index (χ2v) is 8.25. The van der Waals surface area contributed by atoms with Crippen LogP contribution in [0.3, 0.4) is 0 Å². The van der Waals surface area contributed by atoms with E-state index in [0.717, 1.165) is 13.1 Å². The van der Waals surface area contributed by atoms with E-state index in [1.165, 1.54) is 20.3 Å². The lowest BCUT2D eigenvalue weighted by molar-refractivity contribution is 0.0981. The molecule has 26 heavy (non-hydrogen) atoms. The molecule has 2 aliphatic rings. The fraction of sp³-hybridized carbons (Fsp3) is 0.474. The number of carbonyl (C=O) groups excluding carboxylic acids is 2. The summed E-state index contributed by atoms with van der Waals surface area (Å²) < 4.78 is 2.08. The Morgan fingerprint density at radius 1 is 1.12 bits per heavy atom. The Balaban J connectivity index is 2.10. The molecule has 1 aliphatic heterocycles. The predicted molar refractivity (Wildman–Crippen MR) is 103 cm³/mol. The van der Waals surface area contributed by atoms with E-state index in [1.54, 1.807) is 18.5 Å². The summed E-state index contributed by atoms with van der Waals surface area (Å²) in [4.78, 5) is 44.6. The highest BCUT2D eigenvalue weighted by Crippen LogP contribution is 2.46. The number of Topliss-reactive ketones (excluding diaryl/α,β-unsaturated/α-hetero) is 2. The molecule has 6 nitrogen and oxygen atoms in total. The molecular formula is C19H20BrN3O3. The van der Waals surface area contributed by atoms with Gasteiger partial charge in [0, 0.05) is 30.2 Å². The maximum atomic E-state index is 13.1. The highest BCUT2D eigenvalue weighted by molar-refractivity contribution is 9.10. The van der Waals surface area contributed by atoms with Crippen LogP contribution in [0.4, 0.5) is 5.95 Å². The van der Waals surface area contributed by atoms with E-state index in [1.807, 2.05) is 0 Å². The van der Waals surface area contributed by atoms with Crippen LogP contribution in [-0.2, 0) is 7.05 Å². The van der Waals surface area contributed by atoms with Crippen LogP contribution < -0.4 is 10.5 Å². The number of benzene rings is 1. The van der Waals surface area contributed by atoms with Crippen LogP contribution in [0.25, 0.3) is 10.9 Å². The monoisotopic (exact) mass is 417 g/mol. The van der Waals surface area contributed by atoms with Crippen molar-refractivity contribution in [1.82, 2.24) is 9.55 Å². The zero-order valence-corrected chi connectivity index (χ0v) is 16.8. The summed E-state index contributed by atoms with van der Waals surface area (Å²) in [7, 11) is 1.71. The molecule has 1 aromatic carbocycles. The average Bonchev–Trinajstić information content (AvgIpc) is 3.18. The molecular weight excluding hydrogens is 398 g/mol. The number of hydrogen-bond donors (Lipinski definition) is 0. The SMILES string of the molecule is CC(=O)c1c(C)c(Br)c2c(=O)n(C)c(N3CC4CC4C3)nc2c1C(C)=O. The normalized spacial score (nSPS) is 21.2. The molecule has 7 heteroatoms. The highest BCUT2D eigenvalue weighted by atomic mass is 79.9. The third kappa shape index (κ3) is 2.36. The zero-order valence-electron chi connectivity index (χ0n) is 15.2. The first-order valence-electron chi connectivity index (χ1n) is 8.72. The Bertz CT molecular complexity index is 1050. The molecule has 2 atom stereocenters. The minimum Gasteiger partial charge on any atom is -0.342 e. The number of anilines is 1. The van der Waals surface area contributed by atoms with Crippen LogP contribution in [-0.4, -0.2) is 34.2 Å². The number of fused-ring (bicyclic) bond motifs is 2. The molecule has 2 unspecified atom stereocenters. The number of ketones is 2. The number of piperidine rings is 1. The first kappa shape index (κ1) is 17.4. The molecule has 1 aromatic heterocycles. The van der Waals surface area contributed by atoms with Crippen LogP contribution in [0.5, 0.6) is 0 Å². The smallest absolute Gasteiger partial charge is 0.263 e. The maximum Gasteiger partial charge on any atom is 0.263 e. The maximum absolute atomic E-state index is 13.1. The summed E-state index contributed by atoms with van der Waals surface area (Å²) in [6.45, 7) is 6.37. The molecule has 1 saturated carbocycles. The standard InChI is InChI=1S/C19H20BrN3O3/c1-8-13(9(2)24)14(10(3)25)17-15(16(8)20)18(26)22(4)19(21-17)23-6-11-5-12(11)7-23/h11-12H,5-7H2,1-4H3. The van der Waals surface area contributed by atoms with Gasteiger partial charge in [-0.15, -0.1) is 0 Å². The van der Waals surface area contributed by atoms with E-state index in [0.29, 0.717) is 44.3 Å². The minimum atomic E-state index is -0.258. The average molecular weight is 418 g/mol. The van der Waals surface area contributed by atoms with Crippen molar-refractivity contribution in [3.63, 3.8) is 0 Å². The van der Waals surface area contributed by atoms with Crippen molar-refractivity contribution >= 4 is 44.3 Å². The lowest BCUT2D eigenvalue weighted by Crippen LogP contribution is -2.32. The lowest BCUT2D eigenvalue weighted by atomic mass is 9.93. The van der Waals surface area contributed by atoms with Gasteiger partial charge in [-0.3, -0.25) is 19.0 Å². The van der Waals surface area contributed by atoms with E-state index in [9.17, 15) is 14.4 Å². The summed E-state index contributed by atoms with van der Waals surface area (Å²) in [5, 5.41) is 0.355. The summed E-state index contributed by atoms with van der Waals surface area (Å²) in [5.41, 5.74) is 1.30. The van der Waals surface area contributed by atoms with Gasteiger partial charge in [0.05, 0.1) is 16.5 Å². The van der Waals surface area contributed by atoms with Gasteiger partial charge in [-0.25, -0.2) is 4.98 Å². The number of hydrogen-bond acceptors (Lipinski definition) is 5. The Labute approximate surface area is 159 Å². The molecule has 2 aromatic rings. The van der Waals surface area contributed by atoms with Crippen molar-refractivity contribution < 1.29 is 9.59 Å². The van der Waals surface area contributed by atoms with Crippen LogP contribution in [0.1, 0.15) is 46.5 Å². The van der Waals surface area contributed by atoms with Crippen LogP contribution in [0.2, 0.25) is 0 Å². The van der Waals surface area contributed by atoms with Gasteiger partial charge in [0.25, 0.3) is 5.56 Å². The van der Waals surface area contributed by atoms with Gasteiger partial charge >= 0.3 is 0 Å². The van der Waals surface area contributed by atoms with E-state index in [4.69, 9.17) is 4.98 Å². The molecule has 0 N–H and O–H groups in total. The number of aromatic nitrogens is 2. The zero-order chi connectivity index (χ0) is 18.9. The molecule has 0 bridgehead atoms. The highest BCUT2D eigenvalue weighted by Gasteiger charge is 2.46. The first-order valence-corrected chi connectivity index (χ1v) is 9.51. The van der Waals surface area contributed by atoms with Crippen molar-refractivity contribution in [3.05, 3.63) is 31.5 Å². The largest absolute Gasteiger partial charge is 0.342 e. The van der Waals surface area contributed by atoms with Crippen molar-refractivity contribution in [3.8, 4) is 0 Å². The minimum absolute atomic E-state index is 0.207. The fourth-order valence-corrected chi connectivity index (χ4v) is 4.76. The van der Waals surface area contributed by atoms with Crippen LogP contribution in [0, 0.1) is 18.8 Å². The van der Waals surface area contributed by atoms with Crippen LogP contribution >= 0.6 is 15.9 Å². The predicted octanol–water partition coefficient (Wildman–Crippen LogP) is 2.87. The van der Waals surface area contributed by atoms with Crippen molar-refractivity contribution in [2.45, 2.75) is 27.2 Å². The Hall–Kier alpha value is -2.02. The van der Waals surface area contributed by atoms with Gasteiger partial charge in [0.15, 0.2) is 11.6 Å². The summed E-state index contributed by atoms with van der Waals surface area (Å²) in [6, 6.07) is 0. The van der Waals surface area contributed by atoms with E-state index in [2.05, 4.69) is 20.8 Å². The van der Waals surface area contributed by atoms with E-state index >= 15 is 0 Å². The molecule has 2 heterocycles. The third-order valence-electron chi connectivity index (χ3n) is 5.64. The Morgan fingerprint density at radius 3 is 2.23 bits per heavy atom. The third-order valence-corrected chi connectivity index (χ3v) is 6.63. The fourth-order valence-electron chi connectivity index (χ4n) is 4.20. The molecule has 4 rings (SSSR count). The number of nitrogens with zero attached hydrogens (tertiary/aromatic N) is 3. The molecule has 0 radical (unpaired) electrons. The number of rotatable bonds is 3. The van der Waals surface area contributed by atoms with Gasteiger partial charge in [0.2, 0.25) is 5.95 Å². The molecule has 0 spiro atoms. The second-order valence-electron chi connectivity index (χ2n) is 7.46. The summed E-state index contributed by atoms with van der Waals surface area (Å²) in [5.74, 6) is 1.48. The lowest BCUT2D eigenvalue weighted by Gasteiger charge is -2.23. The van der Waals surface area contributed by atoms with Gasteiger partial charge in [-0.2, -0.15) is 0 Å². The Kier molecular flexibility index (Phi) is 3.84. The van der Waals surface area contributed by atoms with Gasteiger partial charge < -0.3 is 4.90 Å². The summed E-state index contributed by atoms with van der Waals surface area (Å²) >= 11 is 3.46. The summed E-state index contributed by atoms with van der Waals surface area (Å²) in [6.07, 6.45) is 1.25. The molecule has 0 amide bonds. The van der Waals surface area contributed by atoms with Crippen LogP contribution in [0.15, 0.2) is 9.27 Å².